The molecule has 2 aromatic rings. The SMILES string of the molecule is CC(Oc1ccc(C(C)(C)C)cc1)C(=O)Nc1ccc(N2CCCC2=O)cc1. The summed E-state index contributed by atoms with van der Waals surface area (Å²) in [6.07, 6.45) is 0.868. The molecule has 5 heteroatoms. The minimum absolute atomic E-state index is 0.0768. The first kappa shape index (κ1) is 19.9. The number of carbonyl (C=O) groups excluding carboxylic acids is 2. The number of anilines is 2. The summed E-state index contributed by atoms with van der Waals surface area (Å²) in [6.45, 7) is 8.95. The summed E-state index contributed by atoms with van der Waals surface area (Å²) < 4.78 is 5.77. The van der Waals surface area contributed by atoms with Crippen molar-refractivity contribution in [3.8, 4) is 5.75 Å². The molecule has 0 bridgehead atoms. The third-order valence-corrected chi connectivity index (χ3v) is 4.92. The van der Waals surface area contributed by atoms with E-state index in [-0.39, 0.29) is 17.2 Å². The van der Waals surface area contributed by atoms with Crippen molar-refractivity contribution < 1.29 is 14.3 Å². The second-order valence-corrected chi connectivity index (χ2v) is 8.22. The monoisotopic (exact) mass is 380 g/mol. The molecular weight excluding hydrogens is 352 g/mol. The van der Waals surface area contributed by atoms with Gasteiger partial charge in [0.2, 0.25) is 5.91 Å². The van der Waals surface area contributed by atoms with E-state index in [4.69, 9.17) is 4.74 Å². The van der Waals surface area contributed by atoms with Crippen LogP contribution in [-0.4, -0.2) is 24.5 Å². The lowest BCUT2D eigenvalue weighted by Gasteiger charge is -2.20. The predicted octanol–water partition coefficient (Wildman–Crippen LogP) is 4.52. The molecule has 0 spiro atoms. The largest absolute Gasteiger partial charge is 0.481 e. The maximum Gasteiger partial charge on any atom is 0.265 e. The van der Waals surface area contributed by atoms with Crippen LogP contribution in [0.25, 0.3) is 0 Å². The zero-order valence-corrected chi connectivity index (χ0v) is 17.0. The number of hydrogen-bond acceptors (Lipinski definition) is 3. The van der Waals surface area contributed by atoms with Gasteiger partial charge in [0.15, 0.2) is 6.10 Å². The second-order valence-electron chi connectivity index (χ2n) is 8.22. The van der Waals surface area contributed by atoms with E-state index >= 15 is 0 Å². The standard InChI is InChI=1S/C23H28N2O3/c1-16(28-20-13-7-17(8-14-20)23(2,3)4)22(27)24-18-9-11-19(12-10-18)25-15-5-6-21(25)26/h7-14,16H,5-6,15H2,1-4H3,(H,24,27). The molecule has 2 amide bonds. The highest BCUT2D eigenvalue weighted by molar-refractivity contribution is 5.96. The second kappa shape index (κ2) is 8.05. The Morgan fingerprint density at radius 3 is 2.25 bits per heavy atom. The first-order valence-corrected chi connectivity index (χ1v) is 9.72. The van der Waals surface area contributed by atoms with Gasteiger partial charge in [0, 0.05) is 24.3 Å². The van der Waals surface area contributed by atoms with Gasteiger partial charge >= 0.3 is 0 Å². The van der Waals surface area contributed by atoms with Gasteiger partial charge in [-0.05, 0) is 60.7 Å². The van der Waals surface area contributed by atoms with Crippen LogP contribution in [-0.2, 0) is 15.0 Å². The van der Waals surface area contributed by atoms with Crippen LogP contribution in [0.4, 0.5) is 11.4 Å². The van der Waals surface area contributed by atoms with Crippen molar-refractivity contribution >= 4 is 23.2 Å². The molecule has 1 unspecified atom stereocenters. The molecule has 0 radical (unpaired) electrons. The smallest absolute Gasteiger partial charge is 0.265 e. The van der Waals surface area contributed by atoms with Crippen molar-refractivity contribution in [2.75, 3.05) is 16.8 Å². The van der Waals surface area contributed by atoms with E-state index in [1.807, 2.05) is 48.5 Å². The number of hydrogen-bond donors (Lipinski definition) is 1. The first-order chi connectivity index (χ1) is 13.2. The minimum Gasteiger partial charge on any atom is -0.481 e. The normalized spacial score (nSPS) is 15.4. The van der Waals surface area contributed by atoms with Crippen molar-refractivity contribution in [3.63, 3.8) is 0 Å². The summed E-state index contributed by atoms with van der Waals surface area (Å²) in [5.41, 5.74) is 2.84. The lowest BCUT2D eigenvalue weighted by Crippen LogP contribution is -2.30. The van der Waals surface area contributed by atoms with E-state index in [0.29, 0.717) is 17.9 Å². The summed E-state index contributed by atoms with van der Waals surface area (Å²) in [4.78, 5) is 26.0. The number of rotatable bonds is 5. The fourth-order valence-electron chi connectivity index (χ4n) is 3.18. The molecule has 0 aliphatic carbocycles. The Morgan fingerprint density at radius 2 is 1.71 bits per heavy atom. The van der Waals surface area contributed by atoms with Crippen LogP contribution in [0.1, 0.15) is 46.1 Å². The summed E-state index contributed by atoms with van der Waals surface area (Å²) in [5.74, 6) is 0.597. The fraction of sp³-hybridized carbons (Fsp3) is 0.391. The van der Waals surface area contributed by atoms with E-state index in [1.165, 1.54) is 5.56 Å². The molecule has 1 heterocycles. The third kappa shape index (κ3) is 4.71. The molecule has 1 saturated heterocycles. The van der Waals surface area contributed by atoms with Gasteiger partial charge in [0.05, 0.1) is 0 Å². The van der Waals surface area contributed by atoms with Gasteiger partial charge < -0.3 is 15.0 Å². The molecule has 1 atom stereocenters. The van der Waals surface area contributed by atoms with Crippen LogP contribution in [0, 0.1) is 0 Å². The molecule has 1 aliphatic heterocycles. The molecule has 148 valence electrons. The number of amides is 2. The molecule has 1 N–H and O–H groups in total. The van der Waals surface area contributed by atoms with Crippen LogP contribution in [0.3, 0.4) is 0 Å². The number of nitrogens with zero attached hydrogens (tertiary/aromatic N) is 1. The highest BCUT2D eigenvalue weighted by atomic mass is 16.5. The Labute approximate surface area is 166 Å². The van der Waals surface area contributed by atoms with Crippen LogP contribution in [0.15, 0.2) is 48.5 Å². The van der Waals surface area contributed by atoms with Crippen molar-refractivity contribution in [2.24, 2.45) is 0 Å². The van der Waals surface area contributed by atoms with Gasteiger partial charge in [-0.2, -0.15) is 0 Å². The molecule has 0 aromatic heterocycles. The van der Waals surface area contributed by atoms with Gasteiger partial charge in [0.1, 0.15) is 5.75 Å². The zero-order valence-electron chi connectivity index (χ0n) is 17.0. The molecule has 2 aromatic carbocycles. The average Bonchev–Trinajstić information content (AvgIpc) is 3.08. The van der Waals surface area contributed by atoms with E-state index in [0.717, 1.165) is 18.7 Å². The maximum absolute atomic E-state index is 12.4. The number of nitrogens with one attached hydrogen (secondary N) is 1. The molecular formula is C23H28N2O3. The Balaban J connectivity index is 1.57. The quantitative estimate of drug-likeness (QED) is 0.830. The predicted molar refractivity (Wildman–Crippen MR) is 112 cm³/mol. The highest BCUT2D eigenvalue weighted by Gasteiger charge is 2.22. The molecule has 28 heavy (non-hydrogen) atoms. The first-order valence-electron chi connectivity index (χ1n) is 9.72. The summed E-state index contributed by atoms with van der Waals surface area (Å²) in [7, 11) is 0. The zero-order chi connectivity index (χ0) is 20.3. The lowest BCUT2D eigenvalue weighted by molar-refractivity contribution is -0.122. The Morgan fingerprint density at radius 1 is 1.07 bits per heavy atom. The van der Waals surface area contributed by atoms with Gasteiger partial charge in [-0.1, -0.05) is 32.9 Å². The molecule has 1 fully saturated rings. The molecule has 0 saturated carbocycles. The van der Waals surface area contributed by atoms with E-state index in [9.17, 15) is 9.59 Å². The van der Waals surface area contributed by atoms with E-state index in [1.54, 1.807) is 11.8 Å². The Kier molecular flexibility index (Phi) is 5.73. The minimum atomic E-state index is -0.625. The van der Waals surface area contributed by atoms with Crippen LogP contribution >= 0.6 is 0 Å². The number of benzene rings is 2. The van der Waals surface area contributed by atoms with Gasteiger partial charge in [-0.15, -0.1) is 0 Å². The number of carbonyl (C=O) groups is 2. The van der Waals surface area contributed by atoms with Gasteiger partial charge in [-0.3, -0.25) is 9.59 Å². The Bertz CT molecular complexity index is 836. The topological polar surface area (TPSA) is 58.6 Å². The van der Waals surface area contributed by atoms with Crippen molar-refractivity contribution in [1.82, 2.24) is 0 Å². The van der Waals surface area contributed by atoms with Crippen molar-refractivity contribution in [2.45, 2.75) is 52.1 Å². The lowest BCUT2D eigenvalue weighted by atomic mass is 9.87. The van der Waals surface area contributed by atoms with Crippen molar-refractivity contribution in [3.05, 3.63) is 54.1 Å². The Hall–Kier alpha value is -2.82. The van der Waals surface area contributed by atoms with Crippen LogP contribution in [0.2, 0.25) is 0 Å². The number of ether oxygens (including phenoxy) is 1. The van der Waals surface area contributed by atoms with Gasteiger partial charge in [-0.25, -0.2) is 0 Å². The van der Waals surface area contributed by atoms with E-state index in [2.05, 4.69) is 26.1 Å². The van der Waals surface area contributed by atoms with Crippen LogP contribution in [0.5, 0.6) is 5.75 Å². The summed E-state index contributed by atoms with van der Waals surface area (Å²) in [5, 5.41) is 2.86. The third-order valence-electron chi connectivity index (χ3n) is 4.92. The summed E-state index contributed by atoms with van der Waals surface area (Å²) >= 11 is 0. The molecule has 1 aliphatic rings. The molecule has 5 nitrogen and oxygen atoms in total. The van der Waals surface area contributed by atoms with Crippen LogP contribution < -0.4 is 15.0 Å². The van der Waals surface area contributed by atoms with E-state index < -0.39 is 6.10 Å². The molecule has 3 rings (SSSR count). The summed E-state index contributed by atoms with van der Waals surface area (Å²) in [6, 6.07) is 15.2. The fourth-order valence-corrected chi connectivity index (χ4v) is 3.18. The average molecular weight is 380 g/mol. The highest BCUT2D eigenvalue weighted by Crippen LogP contribution is 2.25. The van der Waals surface area contributed by atoms with Crippen molar-refractivity contribution in [1.29, 1.82) is 0 Å². The maximum atomic E-state index is 12.4. The van der Waals surface area contributed by atoms with Gasteiger partial charge in [0.25, 0.3) is 5.91 Å².